The molecule has 0 saturated heterocycles. The predicted octanol–water partition coefficient (Wildman–Crippen LogP) is 4.33. The lowest BCUT2D eigenvalue weighted by Gasteiger charge is -2.12. The molecule has 0 heterocycles. The van der Waals surface area contributed by atoms with Crippen LogP contribution in [0, 0.1) is 0 Å². The number of hydrogen-bond acceptors (Lipinski definition) is 2. The Morgan fingerprint density at radius 3 is 2.72 bits per heavy atom. The normalized spacial score (nSPS) is 10.8. The summed E-state index contributed by atoms with van der Waals surface area (Å²) in [6, 6.07) is 3.74. The maximum atomic E-state index is 10.1. The van der Waals surface area contributed by atoms with Gasteiger partial charge in [-0.1, -0.05) is 24.6 Å². The lowest BCUT2D eigenvalue weighted by molar-refractivity contribution is 0.399. The zero-order chi connectivity index (χ0) is 13.5. The maximum absolute atomic E-state index is 10.1. The molecule has 2 nitrogen and oxygen atoms in total. The molecule has 0 unspecified atom stereocenters. The van der Waals surface area contributed by atoms with E-state index in [0.717, 1.165) is 41.7 Å². The second-order valence-corrected chi connectivity index (χ2v) is 4.49. The first-order chi connectivity index (χ1) is 8.58. The second kappa shape index (κ2) is 6.90. The van der Waals surface area contributed by atoms with Crippen molar-refractivity contribution in [3.63, 3.8) is 0 Å². The van der Waals surface area contributed by atoms with Gasteiger partial charge in [-0.05, 0) is 43.9 Å². The molecule has 0 bridgehead atoms. The molecular formula is C16H22O2. The topological polar surface area (TPSA) is 29.5 Å². The molecule has 1 aromatic rings. The van der Waals surface area contributed by atoms with Crippen molar-refractivity contribution in [2.24, 2.45) is 0 Å². The Hall–Kier alpha value is -1.70. The Bertz CT molecular complexity index is 445. The molecular weight excluding hydrogens is 224 g/mol. The van der Waals surface area contributed by atoms with Gasteiger partial charge in [0.25, 0.3) is 0 Å². The van der Waals surface area contributed by atoms with Gasteiger partial charge >= 0.3 is 0 Å². The Morgan fingerprint density at radius 2 is 2.17 bits per heavy atom. The standard InChI is InChI=1S/C16H22O2/c1-5-6-7-13-10-15(17)14(9-8-12(2)3)16(11-13)18-4/h6-7,10-11,17H,2,5,8-9H2,1,3-4H3/b7-6+. The highest BCUT2D eigenvalue weighted by Gasteiger charge is 2.10. The maximum Gasteiger partial charge on any atom is 0.126 e. The second-order valence-electron chi connectivity index (χ2n) is 4.49. The van der Waals surface area contributed by atoms with Crippen LogP contribution in [0.3, 0.4) is 0 Å². The van der Waals surface area contributed by atoms with E-state index in [1.807, 2.05) is 19.1 Å². The van der Waals surface area contributed by atoms with Gasteiger partial charge in [0, 0.05) is 5.56 Å². The zero-order valence-electron chi connectivity index (χ0n) is 11.5. The molecule has 1 rings (SSSR count). The number of phenolic OH excluding ortho intramolecular Hbond substituents is 1. The quantitative estimate of drug-likeness (QED) is 0.757. The van der Waals surface area contributed by atoms with E-state index in [-0.39, 0.29) is 0 Å². The van der Waals surface area contributed by atoms with Gasteiger partial charge in [-0.15, -0.1) is 6.58 Å². The van der Waals surface area contributed by atoms with Crippen LogP contribution in [0.25, 0.3) is 6.08 Å². The molecule has 98 valence electrons. The van der Waals surface area contributed by atoms with Gasteiger partial charge in [0.1, 0.15) is 11.5 Å². The summed E-state index contributed by atoms with van der Waals surface area (Å²) >= 11 is 0. The summed E-state index contributed by atoms with van der Waals surface area (Å²) in [5, 5.41) is 10.1. The van der Waals surface area contributed by atoms with Crippen LogP contribution >= 0.6 is 0 Å². The highest BCUT2D eigenvalue weighted by atomic mass is 16.5. The van der Waals surface area contributed by atoms with Crippen LogP contribution in [0.15, 0.2) is 30.4 Å². The van der Waals surface area contributed by atoms with E-state index in [1.54, 1.807) is 13.2 Å². The van der Waals surface area contributed by atoms with Crippen LogP contribution in [0.2, 0.25) is 0 Å². The monoisotopic (exact) mass is 246 g/mol. The van der Waals surface area contributed by atoms with Gasteiger partial charge in [-0.3, -0.25) is 0 Å². The summed E-state index contributed by atoms with van der Waals surface area (Å²) in [7, 11) is 1.63. The van der Waals surface area contributed by atoms with Crippen molar-refractivity contribution in [2.75, 3.05) is 7.11 Å². The fraction of sp³-hybridized carbons (Fsp3) is 0.375. The fourth-order valence-electron chi connectivity index (χ4n) is 1.77. The van der Waals surface area contributed by atoms with E-state index < -0.39 is 0 Å². The van der Waals surface area contributed by atoms with Crippen molar-refractivity contribution < 1.29 is 9.84 Å². The van der Waals surface area contributed by atoms with Crippen LogP contribution in [-0.2, 0) is 6.42 Å². The number of methoxy groups -OCH3 is 1. The first-order valence-electron chi connectivity index (χ1n) is 6.29. The van der Waals surface area contributed by atoms with Crippen molar-refractivity contribution in [1.29, 1.82) is 0 Å². The molecule has 0 aromatic heterocycles. The molecule has 18 heavy (non-hydrogen) atoms. The van der Waals surface area contributed by atoms with Gasteiger partial charge in [0.05, 0.1) is 7.11 Å². The average molecular weight is 246 g/mol. The summed E-state index contributed by atoms with van der Waals surface area (Å²) in [6.07, 6.45) is 6.63. The van der Waals surface area contributed by atoms with Gasteiger partial charge in [0.2, 0.25) is 0 Å². The number of aromatic hydroxyl groups is 1. The van der Waals surface area contributed by atoms with E-state index in [4.69, 9.17) is 4.74 Å². The number of hydrogen-bond donors (Lipinski definition) is 1. The molecule has 0 aliphatic rings. The van der Waals surface area contributed by atoms with Crippen molar-refractivity contribution >= 4 is 6.08 Å². The summed E-state index contributed by atoms with van der Waals surface area (Å²) in [4.78, 5) is 0. The van der Waals surface area contributed by atoms with Crippen LogP contribution in [-0.4, -0.2) is 12.2 Å². The molecule has 0 spiro atoms. The zero-order valence-corrected chi connectivity index (χ0v) is 11.5. The minimum atomic E-state index is 0.298. The van der Waals surface area contributed by atoms with E-state index in [1.165, 1.54) is 0 Å². The molecule has 0 aliphatic heterocycles. The summed E-state index contributed by atoms with van der Waals surface area (Å²) < 4.78 is 5.36. The molecule has 1 aromatic carbocycles. The minimum absolute atomic E-state index is 0.298. The van der Waals surface area contributed by atoms with Crippen LogP contribution in [0.5, 0.6) is 11.5 Å². The summed E-state index contributed by atoms with van der Waals surface area (Å²) in [5.74, 6) is 1.04. The SMILES string of the molecule is C=C(C)CCc1c(O)cc(/C=C/CC)cc1OC. The molecule has 0 aliphatic carbocycles. The van der Waals surface area contributed by atoms with E-state index >= 15 is 0 Å². The van der Waals surface area contributed by atoms with E-state index in [0.29, 0.717) is 5.75 Å². The van der Waals surface area contributed by atoms with Crippen LogP contribution in [0.1, 0.15) is 37.8 Å². The van der Waals surface area contributed by atoms with E-state index in [9.17, 15) is 5.11 Å². The third-order valence-electron chi connectivity index (χ3n) is 2.78. The number of phenols is 1. The number of allylic oxidation sites excluding steroid dienone is 2. The number of ether oxygens (including phenoxy) is 1. The molecule has 0 radical (unpaired) electrons. The Morgan fingerprint density at radius 1 is 1.44 bits per heavy atom. The van der Waals surface area contributed by atoms with Crippen LogP contribution in [0.4, 0.5) is 0 Å². The summed E-state index contributed by atoms with van der Waals surface area (Å²) in [5.41, 5.74) is 2.92. The van der Waals surface area contributed by atoms with Crippen molar-refractivity contribution in [3.05, 3.63) is 41.5 Å². The molecule has 0 saturated carbocycles. The van der Waals surface area contributed by atoms with Gasteiger partial charge < -0.3 is 9.84 Å². The lowest BCUT2D eigenvalue weighted by atomic mass is 10.0. The number of benzene rings is 1. The first-order valence-corrected chi connectivity index (χ1v) is 6.29. The molecule has 0 atom stereocenters. The third-order valence-corrected chi connectivity index (χ3v) is 2.78. The lowest BCUT2D eigenvalue weighted by Crippen LogP contribution is -1.94. The third kappa shape index (κ3) is 3.95. The highest BCUT2D eigenvalue weighted by molar-refractivity contribution is 5.58. The molecule has 2 heteroatoms. The molecule has 0 fully saturated rings. The Labute approximate surface area is 110 Å². The van der Waals surface area contributed by atoms with E-state index in [2.05, 4.69) is 19.6 Å². The largest absolute Gasteiger partial charge is 0.508 e. The number of rotatable bonds is 6. The van der Waals surface area contributed by atoms with Crippen molar-refractivity contribution in [3.8, 4) is 11.5 Å². The first kappa shape index (κ1) is 14.4. The van der Waals surface area contributed by atoms with Crippen LogP contribution < -0.4 is 4.74 Å². The van der Waals surface area contributed by atoms with Gasteiger partial charge in [-0.2, -0.15) is 0 Å². The predicted molar refractivity (Wildman–Crippen MR) is 77.1 cm³/mol. The van der Waals surface area contributed by atoms with Gasteiger partial charge in [0.15, 0.2) is 0 Å². The van der Waals surface area contributed by atoms with Gasteiger partial charge in [-0.25, -0.2) is 0 Å². The minimum Gasteiger partial charge on any atom is -0.508 e. The Balaban J connectivity index is 3.03. The van der Waals surface area contributed by atoms with Crippen molar-refractivity contribution in [2.45, 2.75) is 33.1 Å². The average Bonchev–Trinajstić information content (AvgIpc) is 2.34. The highest BCUT2D eigenvalue weighted by Crippen LogP contribution is 2.32. The molecule has 0 amide bonds. The van der Waals surface area contributed by atoms with Crippen molar-refractivity contribution in [1.82, 2.24) is 0 Å². The smallest absolute Gasteiger partial charge is 0.126 e. The molecule has 1 N–H and O–H groups in total. The Kier molecular flexibility index (Phi) is 5.50. The fourth-order valence-corrected chi connectivity index (χ4v) is 1.77. The summed E-state index contributed by atoms with van der Waals surface area (Å²) in [6.45, 7) is 7.95.